The Hall–Kier alpha value is -3.08. The molecule has 2 rings (SSSR count). The number of carboxylic acids is 1. The average Bonchev–Trinajstić information content (AvgIpc) is 2.67. The van der Waals surface area contributed by atoms with Crippen molar-refractivity contribution >= 4 is 17.8 Å². The Morgan fingerprint density at radius 1 is 1.11 bits per heavy atom. The lowest BCUT2D eigenvalue weighted by molar-refractivity contribution is -0.136. The van der Waals surface area contributed by atoms with Crippen LogP contribution in [0.15, 0.2) is 48.5 Å². The quantitative estimate of drug-likeness (QED) is 0.382. The van der Waals surface area contributed by atoms with E-state index < -0.39 is 5.97 Å². The molecule has 0 aliphatic carbocycles. The van der Waals surface area contributed by atoms with Gasteiger partial charge in [0.05, 0.1) is 20.1 Å². The van der Waals surface area contributed by atoms with Gasteiger partial charge in [0, 0.05) is 11.1 Å². The second kappa shape index (κ2) is 10.2. The summed E-state index contributed by atoms with van der Waals surface area (Å²) in [5.74, 6) is 0.0826. The Morgan fingerprint density at radius 3 is 2.48 bits per heavy atom. The molecule has 0 aliphatic rings. The predicted molar refractivity (Wildman–Crippen MR) is 105 cm³/mol. The molecule has 0 amide bonds. The topological polar surface area (TPSA) is 72.8 Å². The van der Waals surface area contributed by atoms with Crippen LogP contribution in [-0.2, 0) is 11.2 Å². The van der Waals surface area contributed by atoms with Crippen molar-refractivity contribution in [3.8, 4) is 11.5 Å². The van der Waals surface area contributed by atoms with Gasteiger partial charge in [-0.05, 0) is 48.4 Å². The van der Waals surface area contributed by atoms with Crippen molar-refractivity contribution in [1.82, 2.24) is 0 Å². The standard InChI is InChI=1S/C22H24O5/c1-3-4-13-27-19-9-5-16(6-10-19)7-11-20(23)17-8-12-21(26-2)18(14-17)15-22(24)25/h5-12,14H,3-4,13,15H2,1-2H3,(H,24,25)/b11-7+. The molecule has 142 valence electrons. The highest BCUT2D eigenvalue weighted by molar-refractivity contribution is 6.07. The van der Waals surface area contributed by atoms with Crippen LogP contribution in [0.2, 0.25) is 0 Å². The lowest BCUT2D eigenvalue weighted by Gasteiger charge is -2.08. The first kappa shape index (κ1) is 20.2. The van der Waals surface area contributed by atoms with Crippen molar-refractivity contribution in [3.05, 3.63) is 65.2 Å². The summed E-state index contributed by atoms with van der Waals surface area (Å²) in [6, 6.07) is 12.3. The van der Waals surface area contributed by atoms with Crippen LogP contribution in [-0.4, -0.2) is 30.6 Å². The summed E-state index contributed by atoms with van der Waals surface area (Å²) in [7, 11) is 1.47. The zero-order valence-electron chi connectivity index (χ0n) is 15.6. The van der Waals surface area contributed by atoms with Crippen LogP contribution in [0.25, 0.3) is 6.08 Å². The summed E-state index contributed by atoms with van der Waals surface area (Å²) in [4.78, 5) is 23.4. The van der Waals surface area contributed by atoms with Crippen LogP contribution < -0.4 is 9.47 Å². The van der Waals surface area contributed by atoms with Gasteiger partial charge in [-0.25, -0.2) is 0 Å². The van der Waals surface area contributed by atoms with Gasteiger partial charge in [-0.15, -0.1) is 0 Å². The fraction of sp³-hybridized carbons (Fsp3) is 0.273. The van der Waals surface area contributed by atoms with Gasteiger partial charge >= 0.3 is 5.97 Å². The third-order valence-electron chi connectivity index (χ3n) is 3.98. The predicted octanol–water partition coefficient (Wildman–Crippen LogP) is 4.40. The highest BCUT2D eigenvalue weighted by atomic mass is 16.5. The number of benzene rings is 2. The SMILES string of the molecule is CCCCOc1ccc(/C=C/C(=O)c2ccc(OC)c(CC(=O)O)c2)cc1. The molecule has 1 N–H and O–H groups in total. The normalized spacial score (nSPS) is 10.7. The van der Waals surface area contributed by atoms with Gasteiger partial charge in [-0.1, -0.05) is 31.6 Å². The molecular weight excluding hydrogens is 344 g/mol. The number of carbonyl (C=O) groups excluding carboxylic acids is 1. The maximum Gasteiger partial charge on any atom is 0.307 e. The number of hydrogen-bond acceptors (Lipinski definition) is 4. The van der Waals surface area contributed by atoms with Crippen LogP contribution in [0.1, 0.15) is 41.3 Å². The minimum atomic E-state index is -0.977. The minimum absolute atomic E-state index is 0.201. The number of allylic oxidation sites excluding steroid dienone is 1. The van der Waals surface area contributed by atoms with Gasteiger partial charge in [0.15, 0.2) is 5.78 Å². The van der Waals surface area contributed by atoms with E-state index in [2.05, 4.69) is 6.92 Å². The van der Waals surface area contributed by atoms with E-state index in [4.69, 9.17) is 14.6 Å². The molecule has 2 aromatic rings. The Labute approximate surface area is 159 Å². The molecule has 0 atom stereocenters. The number of ketones is 1. The van der Waals surface area contributed by atoms with Crippen molar-refractivity contribution in [2.24, 2.45) is 0 Å². The van der Waals surface area contributed by atoms with E-state index in [0.29, 0.717) is 23.5 Å². The second-order valence-corrected chi connectivity index (χ2v) is 6.07. The van der Waals surface area contributed by atoms with Crippen LogP contribution in [0.5, 0.6) is 11.5 Å². The van der Waals surface area contributed by atoms with Crippen molar-refractivity contribution in [2.75, 3.05) is 13.7 Å². The molecule has 0 unspecified atom stereocenters. The highest BCUT2D eigenvalue weighted by Crippen LogP contribution is 2.21. The molecular formula is C22H24O5. The molecule has 0 radical (unpaired) electrons. The van der Waals surface area contributed by atoms with Crippen LogP contribution >= 0.6 is 0 Å². The number of carbonyl (C=O) groups is 2. The third kappa shape index (κ3) is 6.29. The molecule has 0 bridgehead atoms. The van der Waals surface area contributed by atoms with Gasteiger partial charge in [0.1, 0.15) is 11.5 Å². The van der Waals surface area contributed by atoms with Gasteiger partial charge in [0.2, 0.25) is 0 Å². The van der Waals surface area contributed by atoms with Crippen LogP contribution in [0.3, 0.4) is 0 Å². The fourth-order valence-electron chi connectivity index (χ4n) is 2.51. The van der Waals surface area contributed by atoms with Gasteiger partial charge < -0.3 is 14.6 Å². The minimum Gasteiger partial charge on any atom is -0.496 e. The van der Waals surface area contributed by atoms with E-state index in [1.807, 2.05) is 24.3 Å². The van der Waals surface area contributed by atoms with Crippen molar-refractivity contribution in [2.45, 2.75) is 26.2 Å². The van der Waals surface area contributed by atoms with Crippen LogP contribution in [0.4, 0.5) is 0 Å². The van der Waals surface area contributed by atoms with E-state index in [0.717, 1.165) is 24.2 Å². The summed E-state index contributed by atoms with van der Waals surface area (Å²) in [5.41, 5.74) is 1.77. The fourth-order valence-corrected chi connectivity index (χ4v) is 2.51. The maximum atomic E-state index is 12.4. The van der Waals surface area contributed by atoms with Crippen molar-refractivity contribution in [1.29, 1.82) is 0 Å². The first-order valence-electron chi connectivity index (χ1n) is 8.87. The van der Waals surface area contributed by atoms with Crippen molar-refractivity contribution in [3.63, 3.8) is 0 Å². The monoisotopic (exact) mass is 368 g/mol. The van der Waals surface area contributed by atoms with E-state index in [9.17, 15) is 9.59 Å². The number of rotatable bonds is 10. The zero-order chi connectivity index (χ0) is 19.6. The summed E-state index contributed by atoms with van der Waals surface area (Å²) < 4.78 is 10.8. The Bertz CT molecular complexity index is 806. The van der Waals surface area contributed by atoms with Crippen LogP contribution in [0, 0.1) is 0 Å². The molecule has 5 nitrogen and oxygen atoms in total. The molecule has 0 heterocycles. The molecule has 0 saturated heterocycles. The number of carboxylic acid groups (broad SMARTS) is 1. The molecule has 0 aliphatic heterocycles. The van der Waals surface area contributed by atoms with E-state index in [1.165, 1.54) is 13.2 Å². The average molecular weight is 368 g/mol. The molecule has 0 saturated carbocycles. The number of ether oxygens (including phenoxy) is 2. The molecule has 27 heavy (non-hydrogen) atoms. The lowest BCUT2D eigenvalue weighted by Crippen LogP contribution is -2.04. The maximum absolute atomic E-state index is 12.4. The van der Waals surface area contributed by atoms with E-state index in [1.54, 1.807) is 24.3 Å². The summed E-state index contributed by atoms with van der Waals surface area (Å²) in [6.07, 6.45) is 5.09. The first-order valence-corrected chi connectivity index (χ1v) is 8.87. The summed E-state index contributed by atoms with van der Waals surface area (Å²) in [5, 5.41) is 8.99. The van der Waals surface area contributed by atoms with Gasteiger partial charge in [-0.2, -0.15) is 0 Å². The Morgan fingerprint density at radius 2 is 1.85 bits per heavy atom. The molecule has 5 heteroatoms. The first-order chi connectivity index (χ1) is 13.0. The third-order valence-corrected chi connectivity index (χ3v) is 3.98. The number of methoxy groups -OCH3 is 1. The van der Waals surface area contributed by atoms with Gasteiger partial charge in [-0.3, -0.25) is 9.59 Å². The molecule has 0 spiro atoms. The number of unbranched alkanes of at least 4 members (excludes halogenated alkanes) is 1. The van der Waals surface area contributed by atoms with E-state index >= 15 is 0 Å². The number of aliphatic carboxylic acids is 1. The van der Waals surface area contributed by atoms with Gasteiger partial charge in [0.25, 0.3) is 0 Å². The summed E-state index contributed by atoms with van der Waals surface area (Å²) in [6.45, 7) is 2.81. The highest BCUT2D eigenvalue weighted by Gasteiger charge is 2.11. The second-order valence-electron chi connectivity index (χ2n) is 6.07. The van der Waals surface area contributed by atoms with E-state index in [-0.39, 0.29) is 12.2 Å². The number of hydrogen-bond donors (Lipinski definition) is 1. The zero-order valence-corrected chi connectivity index (χ0v) is 15.6. The largest absolute Gasteiger partial charge is 0.496 e. The lowest BCUT2D eigenvalue weighted by atomic mass is 10.0. The molecule has 0 aromatic heterocycles. The summed E-state index contributed by atoms with van der Waals surface area (Å²) >= 11 is 0. The smallest absolute Gasteiger partial charge is 0.307 e. The Kier molecular flexibility index (Phi) is 7.62. The Balaban J connectivity index is 2.06. The molecule has 0 fully saturated rings. The van der Waals surface area contributed by atoms with Crippen molar-refractivity contribution < 1.29 is 24.2 Å². The molecule has 2 aromatic carbocycles.